The lowest BCUT2D eigenvalue weighted by Crippen LogP contribution is -2.38. The molecule has 0 spiro atoms. The van der Waals surface area contributed by atoms with Crippen molar-refractivity contribution in [1.82, 2.24) is 4.90 Å². The van der Waals surface area contributed by atoms with Crippen LogP contribution in [-0.2, 0) is 17.8 Å². The van der Waals surface area contributed by atoms with Crippen molar-refractivity contribution in [3.63, 3.8) is 0 Å². The molecule has 1 saturated heterocycles. The van der Waals surface area contributed by atoms with Crippen molar-refractivity contribution >= 4 is 5.91 Å². The minimum absolute atomic E-state index is 0.00235. The van der Waals surface area contributed by atoms with Crippen molar-refractivity contribution in [2.45, 2.75) is 31.8 Å². The molecular formula is C14H20N2O2. The summed E-state index contributed by atoms with van der Waals surface area (Å²) >= 11 is 0. The van der Waals surface area contributed by atoms with Crippen LogP contribution >= 0.6 is 0 Å². The van der Waals surface area contributed by atoms with Crippen LogP contribution in [0.25, 0.3) is 0 Å². The van der Waals surface area contributed by atoms with Crippen LogP contribution in [0.4, 0.5) is 0 Å². The molecule has 98 valence electrons. The molecule has 1 amide bonds. The van der Waals surface area contributed by atoms with E-state index in [4.69, 9.17) is 5.73 Å². The third-order valence-corrected chi connectivity index (χ3v) is 3.59. The van der Waals surface area contributed by atoms with E-state index in [0.29, 0.717) is 13.0 Å². The number of hydrogen-bond donors (Lipinski definition) is 2. The van der Waals surface area contributed by atoms with Crippen LogP contribution in [0.3, 0.4) is 0 Å². The zero-order valence-corrected chi connectivity index (χ0v) is 10.5. The van der Waals surface area contributed by atoms with Gasteiger partial charge in [-0.15, -0.1) is 0 Å². The van der Waals surface area contributed by atoms with E-state index in [9.17, 15) is 9.90 Å². The van der Waals surface area contributed by atoms with Crippen molar-refractivity contribution in [2.75, 3.05) is 13.2 Å². The van der Waals surface area contributed by atoms with Gasteiger partial charge in [-0.05, 0) is 24.0 Å². The van der Waals surface area contributed by atoms with Crippen LogP contribution in [0.5, 0.6) is 0 Å². The van der Waals surface area contributed by atoms with E-state index >= 15 is 0 Å². The number of hydrogen-bond acceptors (Lipinski definition) is 3. The zero-order chi connectivity index (χ0) is 13.0. The van der Waals surface area contributed by atoms with E-state index in [1.165, 1.54) is 0 Å². The second-order valence-electron chi connectivity index (χ2n) is 4.72. The second-order valence-corrected chi connectivity index (χ2v) is 4.72. The minimum Gasteiger partial charge on any atom is -0.394 e. The first-order valence-corrected chi connectivity index (χ1v) is 6.43. The summed E-state index contributed by atoms with van der Waals surface area (Å²) in [6.07, 6.45) is 2.26. The van der Waals surface area contributed by atoms with E-state index < -0.39 is 0 Å². The van der Waals surface area contributed by atoms with Crippen LogP contribution in [-0.4, -0.2) is 35.1 Å². The molecular weight excluding hydrogens is 228 g/mol. The topological polar surface area (TPSA) is 66.6 Å². The van der Waals surface area contributed by atoms with Crippen molar-refractivity contribution in [3.8, 4) is 0 Å². The Kier molecular flexibility index (Phi) is 4.33. The lowest BCUT2D eigenvalue weighted by molar-refractivity contribution is -0.132. The van der Waals surface area contributed by atoms with Crippen molar-refractivity contribution in [3.05, 3.63) is 35.4 Å². The third kappa shape index (κ3) is 2.71. The number of amides is 1. The molecule has 0 radical (unpaired) electrons. The lowest BCUT2D eigenvalue weighted by Gasteiger charge is -2.23. The van der Waals surface area contributed by atoms with E-state index in [1.54, 1.807) is 4.90 Å². The fourth-order valence-electron chi connectivity index (χ4n) is 2.55. The number of nitrogens with zero attached hydrogens (tertiary/aromatic N) is 1. The van der Waals surface area contributed by atoms with Gasteiger partial charge in [0, 0.05) is 13.1 Å². The molecule has 18 heavy (non-hydrogen) atoms. The van der Waals surface area contributed by atoms with Gasteiger partial charge in [0.05, 0.1) is 19.1 Å². The highest BCUT2D eigenvalue weighted by molar-refractivity contribution is 5.79. The molecule has 1 aromatic rings. The summed E-state index contributed by atoms with van der Waals surface area (Å²) in [4.78, 5) is 14.0. The van der Waals surface area contributed by atoms with Crippen LogP contribution in [0.15, 0.2) is 24.3 Å². The molecule has 1 unspecified atom stereocenters. The Morgan fingerprint density at radius 1 is 1.39 bits per heavy atom. The summed E-state index contributed by atoms with van der Waals surface area (Å²) in [7, 11) is 0. The SMILES string of the molecule is NCc1ccccc1CC(=O)N1CCCC1CO. The molecule has 1 atom stereocenters. The van der Waals surface area contributed by atoms with Crippen LogP contribution in [0, 0.1) is 0 Å². The highest BCUT2D eigenvalue weighted by atomic mass is 16.3. The summed E-state index contributed by atoms with van der Waals surface area (Å²) in [6, 6.07) is 7.76. The number of carbonyl (C=O) groups is 1. The van der Waals surface area contributed by atoms with Gasteiger partial charge in [-0.25, -0.2) is 0 Å². The van der Waals surface area contributed by atoms with Crippen LogP contribution in [0.2, 0.25) is 0 Å². The number of rotatable bonds is 4. The van der Waals surface area contributed by atoms with Gasteiger partial charge in [0.15, 0.2) is 0 Å². The Morgan fingerprint density at radius 2 is 2.11 bits per heavy atom. The standard InChI is InChI=1S/C14H20N2O2/c15-9-12-5-2-1-4-11(12)8-14(18)16-7-3-6-13(16)10-17/h1-2,4-5,13,17H,3,6-10,15H2. The number of carbonyl (C=O) groups excluding carboxylic acids is 1. The average molecular weight is 248 g/mol. The molecule has 2 rings (SSSR count). The maximum absolute atomic E-state index is 12.2. The molecule has 3 N–H and O–H groups in total. The molecule has 1 aromatic carbocycles. The van der Waals surface area contributed by atoms with Crippen molar-refractivity contribution in [1.29, 1.82) is 0 Å². The van der Waals surface area contributed by atoms with E-state index in [0.717, 1.165) is 30.5 Å². The summed E-state index contributed by atoms with van der Waals surface area (Å²) < 4.78 is 0. The summed E-state index contributed by atoms with van der Waals surface area (Å²) in [6.45, 7) is 1.27. The van der Waals surface area contributed by atoms with Gasteiger partial charge in [-0.1, -0.05) is 24.3 Å². The second kappa shape index (κ2) is 5.98. The minimum atomic E-state index is 0.00235. The lowest BCUT2D eigenvalue weighted by atomic mass is 10.0. The smallest absolute Gasteiger partial charge is 0.227 e. The molecule has 1 aliphatic rings. The maximum Gasteiger partial charge on any atom is 0.227 e. The van der Waals surface area contributed by atoms with Crippen LogP contribution in [0.1, 0.15) is 24.0 Å². The van der Waals surface area contributed by atoms with Gasteiger partial charge in [0.2, 0.25) is 5.91 Å². The molecule has 4 heteroatoms. The van der Waals surface area contributed by atoms with Crippen LogP contribution < -0.4 is 5.73 Å². The number of nitrogens with two attached hydrogens (primary N) is 1. The first kappa shape index (κ1) is 13.1. The Morgan fingerprint density at radius 3 is 2.78 bits per heavy atom. The average Bonchev–Trinajstić information content (AvgIpc) is 2.87. The summed E-state index contributed by atoms with van der Waals surface area (Å²) in [5, 5.41) is 9.24. The number of benzene rings is 1. The predicted molar refractivity (Wildman–Crippen MR) is 69.9 cm³/mol. The largest absolute Gasteiger partial charge is 0.394 e. The maximum atomic E-state index is 12.2. The molecule has 0 saturated carbocycles. The fourth-order valence-corrected chi connectivity index (χ4v) is 2.55. The van der Waals surface area contributed by atoms with Crippen molar-refractivity contribution < 1.29 is 9.90 Å². The monoisotopic (exact) mass is 248 g/mol. The van der Waals surface area contributed by atoms with Gasteiger partial charge in [0.1, 0.15) is 0 Å². The van der Waals surface area contributed by atoms with Gasteiger partial charge in [-0.3, -0.25) is 4.79 Å². The quantitative estimate of drug-likeness (QED) is 0.823. The molecule has 1 heterocycles. The van der Waals surface area contributed by atoms with Gasteiger partial charge >= 0.3 is 0 Å². The molecule has 0 bridgehead atoms. The van der Waals surface area contributed by atoms with Gasteiger partial charge < -0.3 is 15.7 Å². The fraction of sp³-hybridized carbons (Fsp3) is 0.500. The molecule has 1 fully saturated rings. The van der Waals surface area contributed by atoms with Gasteiger partial charge in [0.25, 0.3) is 0 Å². The van der Waals surface area contributed by atoms with Gasteiger partial charge in [-0.2, -0.15) is 0 Å². The first-order valence-electron chi connectivity index (χ1n) is 6.43. The zero-order valence-electron chi connectivity index (χ0n) is 10.5. The van der Waals surface area contributed by atoms with E-state index in [-0.39, 0.29) is 18.6 Å². The number of likely N-dealkylation sites (tertiary alicyclic amines) is 1. The summed E-state index contributed by atoms with van der Waals surface area (Å²) in [5.74, 6) is 0.0902. The third-order valence-electron chi connectivity index (χ3n) is 3.59. The summed E-state index contributed by atoms with van der Waals surface area (Å²) in [5.41, 5.74) is 7.68. The number of aliphatic hydroxyl groups is 1. The number of aliphatic hydroxyl groups excluding tert-OH is 1. The first-order chi connectivity index (χ1) is 8.76. The Hall–Kier alpha value is -1.39. The normalized spacial score (nSPS) is 19.2. The highest BCUT2D eigenvalue weighted by Gasteiger charge is 2.27. The van der Waals surface area contributed by atoms with E-state index in [1.807, 2.05) is 24.3 Å². The van der Waals surface area contributed by atoms with E-state index in [2.05, 4.69) is 0 Å². The molecule has 0 aliphatic carbocycles. The Labute approximate surface area is 107 Å². The predicted octanol–water partition coefficient (Wildman–Crippen LogP) is 0.671. The Balaban J connectivity index is 2.07. The molecule has 4 nitrogen and oxygen atoms in total. The van der Waals surface area contributed by atoms with Crippen molar-refractivity contribution in [2.24, 2.45) is 5.73 Å². The molecule has 0 aromatic heterocycles. The Bertz CT molecular complexity index is 420. The highest BCUT2D eigenvalue weighted by Crippen LogP contribution is 2.19. The molecule has 1 aliphatic heterocycles.